The van der Waals surface area contributed by atoms with E-state index in [0.717, 1.165) is 18.8 Å². The summed E-state index contributed by atoms with van der Waals surface area (Å²) >= 11 is 0. The van der Waals surface area contributed by atoms with E-state index >= 15 is 0 Å². The van der Waals surface area contributed by atoms with Crippen LogP contribution in [0.3, 0.4) is 0 Å². The molecular formula is C20H38O2. The van der Waals surface area contributed by atoms with Gasteiger partial charge in [0.1, 0.15) is 0 Å². The fourth-order valence-corrected chi connectivity index (χ4v) is 2.66. The lowest BCUT2D eigenvalue weighted by atomic mass is 10.0. The number of methoxy groups -OCH3 is 1. The first-order chi connectivity index (χ1) is 10.7. The fraction of sp³-hybridized carbons (Fsp3) is 0.850. The Morgan fingerprint density at radius 3 is 2.32 bits per heavy atom. The van der Waals surface area contributed by atoms with Crippen molar-refractivity contribution in [1.82, 2.24) is 0 Å². The standard InChI is InChI=1S/C20H38O2/c1-4-5-6-7-10-13-16-19(2)17-14-11-8-9-12-15-18-20(21)22-3/h14,17,19H,4-13,15-16,18H2,1-3H3. The average molecular weight is 311 g/mol. The fourth-order valence-electron chi connectivity index (χ4n) is 2.66. The molecule has 0 bridgehead atoms. The van der Waals surface area contributed by atoms with Gasteiger partial charge in [0.25, 0.3) is 0 Å². The monoisotopic (exact) mass is 310 g/mol. The number of carbonyl (C=O) groups is 1. The molecule has 1 atom stereocenters. The Bertz CT molecular complexity index is 271. The molecule has 0 radical (unpaired) electrons. The molecule has 0 saturated carbocycles. The van der Waals surface area contributed by atoms with Crippen LogP contribution >= 0.6 is 0 Å². The number of allylic oxidation sites excluding steroid dienone is 2. The highest BCUT2D eigenvalue weighted by molar-refractivity contribution is 5.68. The molecule has 2 nitrogen and oxygen atoms in total. The second-order valence-electron chi connectivity index (χ2n) is 6.49. The van der Waals surface area contributed by atoms with Crippen molar-refractivity contribution in [2.45, 2.75) is 97.3 Å². The second-order valence-corrected chi connectivity index (χ2v) is 6.49. The van der Waals surface area contributed by atoms with E-state index in [4.69, 9.17) is 0 Å². The quantitative estimate of drug-likeness (QED) is 0.197. The van der Waals surface area contributed by atoms with Gasteiger partial charge in [0, 0.05) is 6.42 Å². The Morgan fingerprint density at radius 1 is 0.955 bits per heavy atom. The summed E-state index contributed by atoms with van der Waals surface area (Å²) in [6, 6.07) is 0. The van der Waals surface area contributed by atoms with Crippen LogP contribution in [-0.2, 0) is 9.53 Å². The largest absolute Gasteiger partial charge is 0.469 e. The predicted octanol–water partition coefficient (Wildman–Crippen LogP) is 6.44. The smallest absolute Gasteiger partial charge is 0.305 e. The van der Waals surface area contributed by atoms with Crippen LogP contribution < -0.4 is 0 Å². The van der Waals surface area contributed by atoms with Crippen LogP contribution in [0.5, 0.6) is 0 Å². The van der Waals surface area contributed by atoms with Crippen LogP contribution in [0.25, 0.3) is 0 Å². The lowest BCUT2D eigenvalue weighted by Gasteiger charge is -2.06. The minimum atomic E-state index is -0.0802. The molecule has 0 aromatic carbocycles. The first-order valence-corrected chi connectivity index (χ1v) is 9.44. The van der Waals surface area contributed by atoms with Gasteiger partial charge >= 0.3 is 5.97 Å². The molecule has 22 heavy (non-hydrogen) atoms. The maximum atomic E-state index is 10.9. The van der Waals surface area contributed by atoms with Crippen molar-refractivity contribution >= 4 is 5.97 Å². The molecule has 130 valence electrons. The molecule has 0 saturated heterocycles. The Kier molecular flexibility index (Phi) is 16.0. The normalized spacial score (nSPS) is 12.7. The van der Waals surface area contributed by atoms with Gasteiger partial charge in [-0.15, -0.1) is 0 Å². The van der Waals surface area contributed by atoms with Crippen LogP contribution in [0.4, 0.5) is 0 Å². The number of esters is 1. The molecule has 0 fully saturated rings. The molecule has 0 N–H and O–H groups in total. The molecular weight excluding hydrogens is 272 g/mol. The zero-order valence-electron chi connectivity index (χ0n) is 15.2. The summed E-state index contributed by atoms with van der Waals surface area (Å²) in [7, 11) is 1.46. The van der Waals surface area contributed by atoms with Crippen LogP contribution in [0, 0.1) is 5.92 Å². The average Bonchev–Trinajstić information content (AvgIpc) is 2.52. The first-order valence-electron chi connectivity index (χ1n) is 9.44. The number of hydrogen-bond acceptors (Lipinski definition) is 2. The highest BCUT2D eigenvalue weighted by Crippen LogP contribution is 2.14. The van der Waals surface area contributed by atoms with Gasteiger partial charge in [-0.25, -0.2) is 0 Å². The second kappa shape index (κ2) is 16.6. The van der Waals surface area contributed by atoms with Crippen LogP contribution in [-0.4, -0.2) is 13.1 Å². The summed E-state index contributed by atoms with van der Waals surface area (Å²) < 4.78 is 4.63. The number of unbranched alkanes of at least 4 members (excludes halogenated alkanes) is 9. The van der Waals surface area contributed by atoms with Crippen molar-refractivity contribution in [3.05, 3.63) is 12.2 Å². The Balaban J connectivity index is 3.31. The summed E-state index contributed by atoms with van der Waals surface area (Å²) in [4.78, 5) is 10.9. The van der Waals surface area contributed by atoms with Crippen molar-refractivity contribution in [2.75, 3.05) is 7.11 Å². The topological polar surface area (TPSA) is 26.3 Å². The third-order valence-corrected chi connectivity index (χ3v) is 4.21. The molecule has 0 aliphatic rings. The van der Waals surface area contributed by atoms with Gasteiger partial charge in [0.2, 0.25) is 0 Å². The van der Waals surface area contributed by atoms with Crippen LogP contribution in [0.15, 0.2) is 12.2 Å². The first kappa shape index (κ1) is 21.2. The number of hydrogen-bond donors (Lipinski definition) is 0. The zero-order valence-corrected chi connectivity index (χ0v) is 15.2. The summed E-state index contributed by atoms with van der Waals surface area (Å²) in [5.74, 6) is 0.647. The van der Waals surface area contributed by atoms with E-state index in [-0.39, 0.29) is 5.97 Å². The van der Waals surface area contributed by atoms with Crippen LogP contribution in [0.2, 0.25) is 0 Å². The highest BCUT2D eigenvalue weighted by Gasteiger charge is 1.99. The summed E-state index contributed by atoms with van der Waals surface area (Å²) in [6.07, 6.45) is 20.7. The molecule has 0 aromatic heterocycles. The van der Waals surface area contributed by atoms with Crippen molar-refractivity contribution in [2.24, 2.45) is 5.92 Å². The van der Waals surface area contributed by atoms with Crippen molar-refractivity contribution < 1.29 is 9.53 Å². The minimum absolute atomic E-state index is 0.0802. The minimum Gasteiger partial charge on any atom is -0.469 e. The molecule has 0 rings (SSSR count). The predicted molar refractivity (Wildman–Crippen MR) is 96.0 cm³/mol. The molecule has 0 heterocycles. The van der Waals surface area contributed by atoms with Gasteiger partial charge in [0.05, 0.1) is 7.11 Å². The lowest BCUT2D eigenvalue weighted by molar-refractivity contribution is -0.140. The molecule has 1 unspecified atom stereocenters. The van der Waals surface area contributed by atoms with E-state index in [2.05, 4.69) is 30.7 Å². The zero-order chi connectivity index (χ0) is 16.5. The summed E-state index contributed by atoms with van der Waals surface area (Å²) in [5, 5.41) is 0. The van der Waals surface area contributed by atoms with Crippen molar-refractivity contribution in [1.29, 1.82) is 0 Å². The third-order valence-electron chi connectivity index (χ3n) is 4.21. The maximum Gasteiger partial charge on any atom is 0.305 e. The van der Waals surface area contributed by atoms with E-state index in [1.807, 2.05) is 0 Å². The number of rotatable bonds is 15. The molecule has 0 aromatic rings. The highest BCUT2D eigenvalue weighted by atomic mass is 16.5. The Hall–Kier alpha value is -0.790. The van der Waals surface area contributed by atoms with Crippen LogP contribution in [0.1, 0.15) is 97.3 Å². The van der Waals surface area contributed by atoms with E-state index in [9.17, 15) is 4.79 Å². The molecule has 0 aliphatic carbocycles. The van der Waals surface area contributed by atoms with E-state index < -0.39 is 0 Å². The van der Waals surface area contributed by atoms with Gasteiger partial charge in [-0.2, -0.15) is 0 Å². The SMILES string of the molecule is CCCCCCCCC(C)C=CCCCCCCC(=O)OC. The summed E-state index contributed by atoms with van der Waals surface area (Å²) in [5.41, 5.74) is 0. The lowest BCUT2D eigenvalue weighted by Crippen LogP contribution is -1.98. The molecule has 2 heteroatoms. The van der Waals surface area contributed by atoms with E-state index in [1.165, 1.54) is 71.3 Å². The third kappa shape index (κ3) is 15.6. The van der Waals surface area contributed by atoms with E-state index in [0.29, 0.717) is 6.42 Å². The van der Waals surface area contributed by atoms with Crippen molar-refractivity contribution in [3.8, 4) is 0 Å². The van der Waals surface area contributed by atoms with Gasteiger partial charge in [0.15, 0.2) is 0 Å². The van der Waals surface area contributed by atoms with E-state index in [1.54, 1.807) is 0 Å². The number of ether oxygens (including phenoxy) is 1. The number of carbonyl (C=O) groups excluding carboxylic acids is 1. The molecule has 0 spiro atoms. The van der Waals surface area contributed by atoms with Gasteiger partial charge in [-0.1, -0.05) is 77.4 Å². The summed E-state index contributed by atoms with van der Waals surface area (Å²) in [6.45, 7) is 4.60. The Morgan fingerprint density at radius 2 is 1.59 bits per heavy atom. The Labute approximate surface area is 138 Å². The molecule has 0 aliphatic heterocycles. The van der Waals surface area contributed by atoms with Gasteiger partial charge < -0.3 is 4.74 Å². The van der Waals surface area contributed by atoms with Crippen molar-refractivity contribution in [3.63, 3.8) is 0 Å². The maximum absolute atomic E-state index is 10.9. The van der Waals surface area contributed by atoms with Gasteiger partial charge in [-0.05, 0) is 31.6 Å². The molecule has 0 amide bonds. The van der Waals surface area contributed by atoms with Gasteiger partial charge in [-0.3, -0.25) is 4.79 Å².